The van der Waals surface area contributed by atoms with Crippen molar-refractivity contribution < 1.29 is 9.47 Å². The first-order valence-electron chi connectivity index (χ1n) is 5.74. The molecular weight excluding hydrogens is 192 g/mol. The van der Waals surface area contributed by atoms with Crippen LogP contribution in [0.5, 0.6) is 0 Å². The number of hydrogen-bond acceptors (Lipinski definition) is 4. The molecule has 0 rings (SSSR count). The van der Waals surface area contributed by atoms with E-state index >= 15 is 0 Å². The highest BCUT2D eigenvalue weighted by Crippen LogP contribution is 1.87. The molecule has 15 heavy (non-hydrogen) atoms. The lowest BCUT2D eigenvalue weighted by atomic mass is 10.3. The van der Waals surface area contributed by atoms with E-state index in [2.05, 4.69) is 17.6 Å². The van der Waals surface area contributed by atoms with Crippen LogP contribution in [0.3, 0.4) is 0 Å². The Hall–Kier alpha value is -0.160. The SMILES string of the molecule is COCCNCCCCNCC(C)OC. The molecule has 4 heteroatoms. The Balaban J connectivity index is 2.92. The van der Waals surface area contributed by atoms with Crippen LogP contribution in [0.1, 0.15) is 19.8 Å². The van der Waals surface area contributed by atoms with Gasteiger partial charge < -0.3 is 20.1 Å². The summed E-state index contributed by atoms with van der Waals surface area (Å²) in [6, 6.07) is 0. The molecule has 0 aliphatic rings. The number of unbranched alkanes of at least 4 members (excludes halogenated alkanes) is 1. The summed E-state index contributed by atoms with van der Waals surface area (Å²) in [7, 11) is 3.47. The maximum absolute atomic E-state index is 5.13. The minimum absolute atomic E-state index is 0.310. The highest BCUT2D eigenvalue weighted by atomic mass is 16.5. The van der Waals surface area contributed by atoms with Crippen LogP contribution < -0.4 is 10.6 Å². The summed E-state index contributed by atoms with van der Waals surface area (Å²) >= 11 is 0. The van der Waals surface area contributed by atoms with Crippen LogP contribution >= 0.6 is 0 Å². The molecule has 0 aliphatic heterocycles. The maximum atomic E-state index is 5.13. The second-order valence-corrected chi connectivity index (χ2v) is 3.70. The van der Waals surface area contributed by atoms with E-state index in [0.29, 0.717) is 6.10 Å². The molecule has 0 aromatic heterocycles. The van der Waals surface area contributed by atoms with Crippen molar-refractivity contribution in [3.63, 3.8) is 0 Å². The largest absolute Gasteiger partial charge is 0.383 e. The van der Waals surface area contributed by atoms with Crippen LogP contribution in [0.4, 0.5) is 0 Å². The lowest BCUT2D eigenvalue weighted by Gasteiger charge is -2.10. The molecule has 4 nitrogen and oxygen atoms in total. The predicted molar refractivity (Wildman–Crippen MR) is 63.3 cm³/mol. The minimum atomic E-state index is 0.310. The first-order chi connectivity index (χ1) is 7.31. The van der Waals surface area contributed by atoms with E-state index in [4.69, 9.17) is 9.47 Å². The summed E-state index contributed by atoms with van der Waals surface area (Å²) in [6.07, 6.45) is 2.72. The molecule has 1 atom stereocenters. The van der Waals surface area contributed by atoms with Gasteiger partial charge in [-0.05, 0) is 32.9 Å². The van der Waals surface area contributed by atoms with Gasteiger partial charge in [-0.2, -0.15) is 0 Å². The smallest absolute Gasteiger partial charge is 0.0667 e. The summed E-state index contributed by atoms with van der Waals surface area (Å²) in [5, 5.41) is 6.68. The molecule has 0 fully saturated rings. The lowest BCUT2D eigenvalue weighted by Crippen LogP contribution is -2.27. The molecule has 0 spiro atoms. The van der Waals surface area contributed by atoms with Gasteiger partial charge in [0.1, 0.15) is 0 Å². The molecule has 0 heterocycles. The third-order valence-corrected chi connectivity index (χ3v) is 2.27. The lowest BCUT2D eigenvalue weighted by molar-refractivity contribution is 0.117. The Labute approximate surface area is 93.7 Å². The molecule has 0 aromatic carbocycles. The summed E-state index contributed by atoms with van der Waals surface area (Å²) in [5.74, 6) is 0. The molecule has 92 valence electrons. The molecule has 0 bridgehead atoms. The van der Waals surface area contributed by atoms with E-state index in [1.807, 2.05) is 0 Å². The van der Waals surface area contributed by atoms with Crippen LogP contribution in [-0.2, 0) is 9.47 Å². The standard InChI is InChI=1S/C11H26N2O2/c1-11(15-3)10-13-7-5-4-6-12-8-9-14-2/h11-13H,4-10H2,1-3H3. The van der Waals surface area contributed by atoms with Crippen molar-refractivity contribution >= 4 is 0 Å². The van der Waals surface area contributed by atoms with Crippen LogP contribution in [0.2, 0.25) is 0 Å². The van der Waals surface area contributed by atoms with E-state index in [1.54, 1.807) is 14.2 Å². The average molecular weight is 218 g/mol. The molecule has 1 unspecified atom stereocenters. The third kappa shape index (κ3) is 11.8. The molecular formula is C11H26N2O2. The van der Waals surface area contributed by atoms with Gasteiger partial charge in [0.05, 0.1) is 12.7 Å². The molecule has 0 saturated heterocycles. The van der Waals surface area contributed by atoms with Crippen molar-refractivity contribution in [3.05, 3.63) is 0 Å². The van der Waals surface area contributed by atoms with Gasteiger partial charge in [-0.1, -0.05) is 0 Å². The Morgan fingerprint density at radius 3 is 2.27 bits per heavy atom. The fourth-order valence-electron chi connectivity index (χ4n) is 1.19. The Bertz CT molecular complexity index is 123. The topological polar surface area (TPSA) is 42.5 Å². The normalized spacial score (nSPS) is 13.0. The van der Waals surface area contributed by atoms with E-state index < -0.39 is 0 Å². The summed E-state index contributed by atoms with van der Waals surface area (Å²) in [4.78, 5) is 0. The summed E-state index contributed by atoms with van der Waals surface area (Å²) in [5.41, 5.74) is 0. The Kier molecular flexibility index (Phi) is 11.8. The van der Waals surface area contributed by atoms with Gasteiger partial charge in [-0.25, -0.2) is 0 Å². The molecule has 0 aromatic rings. The molecule has 0 aliphatic carbocycles. The van der Waals surface area contributed by atoms with Crippen LogP contribution in [0.25, 0.3) is 0 Å². The molecule has 2 N–H and O–H groups in total. The zero-order valence-corrected chi connectivity index (χ0v) is 10.3. The van der Waals surface area contributed by atoms with E-state index in [9.17, 15) is 0 Å². The van der Waals surface area contributed by atoms with Crippen molar-refractivity contribution in [2.75, 3.05) is 47.0 Å². The van der Waals surface area contributed by atoms with Crippen LogP contribution in [0, 0.1) is 0 Å². The Morgan fingerprint density at radius 2 is 1.67 bits per heavy atom. The molecule has 0 radical (unpaired) electrons. The fraction of sp³-hybridized carbons (Fsp3) is 1.00. The van der Waals surface area contributed by atoms with Crippen molar-refractivity contribution in [2.45, 2.75) is 25.9 Å². The van der Waals surface area contributed by atoms with Gasteiger partial charge >= 0.3 is 0 Å². The maximum Gasteiger partial charge on any atom is 0.0667 e. The number of hydrogen-bond donors (Lipinski definition) is 2. The number of methoxy groups -OCH3 is 2. The van der Waals surface area contributed by atoms with Gasteiger partial charge in [0.15, 0.2) is 0 Å². The number of ether oxygens (including phenoxy) is 2. The first kappa shape index (κ1) is 14.8. The third-order valence-electron chi connectivity index (χ3n) is 2.27. The average Bonchev–Trinajstić information content (AvgIpc) is 2.26. The Morgan fingerprint density at radius 1 is 1.00 bits per heavy atom. The van der Waals surface area contributed by atoms with Crippen molar-refractivity contribution in [3.8, 4) is 0 Å². The second-order valence-electron chi connectivity index (χ2n) is 3.70. The number of nitrogens with one attached hydrogen (secondary N) is 2. The van der Waals surface area contributed by atoms with Gasteiger partial charge in [-0.15, -0.1) is 0 Å². The van der Waals surface area contributed by atoms with Gasteiger partial charge in [0.2, 0.25) is 0 Å². The van der Waals surface area contributed by atoms with Crippen molar-refractivity contribution in [1.29, 1.82) is 0 Å². The quantitative estimate of drug-likeness (QED) is 0.499. The van der Waals surface area contributed by atoms with E-state index in [0.717, 1.165) is 32.8 Å². The molecule has 0 amide bonds. The van der Waals surface area contributed by atoms with Crippen LogP contribution in [0.15, 0.2) is 0 Å². The van der Waals surface area contributed by atoms with E-state index in [1.165, 1.54) is 12.8 Å². The fourth-order valence-corrected chi connectivity index (χ4v) is 1.19. The highest BCUT2D eigenvalue weighted by Gasteiger charge is 1.96. The van der Waals surface area contributed by atoms with Crippen LogP contribution in [-0.4, -0.2) is 53.1 Å². The van der Waals surface area contributed by atoms with Gasteiger partial charge in [-0.3, -0.25) is 0 Å². The first-order valence-corrected chi connectivity index (χ1v) is 5.74. The number of rotatable bonds is 11. The van der Waals surface area contributed by atoms with Gasteiger partial charge in [0.25, 0.3) is 0 Å². The minimum Gasteiger partial charge on any atom is -0.383 e. The highest BCUT2D eigenvalue weighted by molar-refractivity contribution is 4.55. The van der Waals surface area contributed by atoms with Crippen molar-refractivity contribution in [1.82, 2.24) is 10.6 Å². The van der Waals surface area contributed by atoms with E-state index in [-0.39, 0.29) is 0 Å². The monoisotopic (exact) mass is 218 g/mol. The summed E-state index contributed by atoms with van der Waals surface area (Å²) in [6.45, 7) is 6.89. The zero-order chi connectivity index (χ0) is 11.4. The van der Waals surface area contributed by atoms with Crippen molar-refractivity contribution in [2.24, 2.45) is 0 Å². The second kappa shape index (κ2) is 11.9. The van der Waals surface area contributed by atoms with Gasteiger partial charge in [0, 0.05) is 27.3 Å². The predicted octanol–water partition coefficient (Wildman–Crippen LogP) is 0.627. The zero-order valence-electron chi connectivity index (χ0n) is 10.3. The molecule has 0 saturated carbocycles. The summed E-state index contributed by atoms with van der Waals surface area (Å²) < 4.78 is 10.1.